The third-order valence-electron chi connectivity index (χ3n) is 2.69. The molecule has 0 aromatic heterocycles. The van der Waals surface area contributed by atoms with Gasteiger partial charge in [-0.3, -0.25) is 4.99 Å². The molecule has 0 unspecified atom stereocenters. The normalized spacial score (nSPS) is 14.4. The molecule has 3 heteroatoms. The number of benzene rings is 1. The summed E-state index contributed by atoms with van der Waals surface area (Å²) < 4.78 is 5.21. The van der Waals surface area contributed by atoms with Crippen molar-refractivity contribution in [1.82, 2.24) is 0 Å². The first-order valence-corrected chi connectivity index (χ1v) is 5.26. The second-order valence-corrected chi connectivity index (χ2v) is 3.64. The summed E-state index contributed by atoms with van der Waals surface area (Å²) in [6.07, 6.45) is 1.86. The van der Waals surface area contributed by atoms with Gasteiger partial charge in [0.25, 0.3) is 0 Å². The maximum absolute atomic E-state index is 5.57. The highest BCUT2D eigenvalue weighted by molar-refractivity contribution is 6.02. The van der Waals surface area contributed by atoms with Gasteiger partial charge in [-0.15, -0.1) is 0 Å². The van der Waals surface area contributed by atoms with Crippen LogP contribution in [0, 0.1) is 0 Å². The van der Waals surface area contributed by atoms with Crippen LogP contribution in [0.25, 0.3) is 0 Å². The Labute approximate surface area is 90.0 Å². The molecule has 2 rings (SSSR count). The van der Waals surface area contributed by atoms with E-state index in [9.17, 15) is 0 Å². The molecule has 1 aromatic rings. The minimum absolute atomic E-state index is 0.657. The van der Waals surface area contributed by atoms with E-state index in [4.69, 9.17) is 10.5 Å². The summed E-state index contributed by atoms with van der Waals surface area (Å²) in [4.78, 5) is 4.51. The van der Waals surface area contributed by atoms with Gasteiger partial charge < -0.3 is 10.5 Å². The molecule has 0 amide bonds. The number of hydrogen-bond acceptors (Lipinski definition) is 3. The second kappa shape index (κ2) is 4.45. The first kappa shape index (κ1) is 10.2. The molecule has 1 heterocycles. The van der Waals surface area contributed by atoms with E-state index in [2.05, 4.69) is 17.1 Å². The van der Waals surface area contributed by atoms with Gasteiger partial charge in [0.05, 0.1) is 7.11 Å². The van der Waals surface area contributed by atoms with E-state index < -0.39 is 0 Å². The number of nitrogens with zero attached hydrogens (tertiary/aromatic N) is 1. The zero-order valence-corrected chi connectivity index (χ0v) is 8.99. The molecule has 0 aliphatic carbocycles. The standard InChI is InChI=1S/C12H16N2O/c1-15-10-2-3-11-9(8-10)5-7-14-12(11)4-6-13/h2-3,8H,4-7,13H2,1H3. The Balaban J connectivity index is 2.35. The number of ether oxygens (including phenoxy) is 1. The van der Waals surface area contributed by atoms with E-state index in [0.29, 0.717) is 6.54 Å². The fourth-order valence-corrected chi connectivity index (χ4v) is 1.93. The molecule has 1 aliphatic rings. The third kappa shape index (κ3) is 2.02. The minimum Gasteiger partial charge on any atom is -0.497 e. The van der Waals surface area contributed by atoms with Crippen LogP contribution in [0.5, 0.6) is 5.75 Å². The molecule has 15 heavy (non-hydrogen) atoms. The van der Waals surface area contributed by atoms with E-state index in [0.717, 1.165) is 30.8 Å². The maximum Gasteiger partial charge on any atom is 0.119 e. The Morgan fingerprint density at radius 2 is 2.33 bits per heavy atom. The van der Waals surface area contributed by atoms with Crippen LogP contribution in [0.2, 0.25) is 0 Å². The predicted octanol–water partition coefficient (Wildman–Crippen LogP) is 1.39. The van der Waals surface area contributed by atoms with Gasteiger partial charge in [-0.2, -0.15) is 0 Å². The first-order valence-electron chi connectivity index (χ1n) is 5.26. The highest BCUT2D eigenvalue weighted by Crippen LogP contribution is 2.22. The summed E-state index contributed by atoms with van der Waals surface area (Å²) in [6.45, 7) is 1.53. The lowest BCUT2D eigenvalue weighted by molar-refractivity contribution is 0.414. The van der Waals surface area contributed by atoms with E-state index in [1.807, 2.05) is 6.07 Å². The molecule has 0 atom stereocenters. The molecule has 0 spiro atoms. The lowest BCUT2D eigenvalue weighted by Crippen LogP contribution is -2.16. The van der Waals surface area contributed by atoms with Crippen LogP contribution in [0.1, 0.15) is 17.5 Å². The van der Waals surface area contributed by atoms with E-state index in [1.54, 1.807) is 7.11 Å². The molecule has 0 radical (unpaired) electrons. The SMILES string of the molecule is COc1ccc2c(c1)CCN=C2CCN. The smallest absolute Gasteiger partial charge is 0.119 e. The number of hydrogen-bond donors (Lipinski definition) is 1. The Bertz CT molecular complexity index is 385. The molecule has 0 saturated carbocycles. The summed E-state index contributed by atoms with van der Waals surface area (Å²) in [5.74, 6) is 0.919. The molecule has 1 aliphatic heterocycles. The van der Waals surface area contributed by atoms with E-state index in [-0.39, 0.29) is 0 Å². The zero-order valence-electron chi connectivity index (χ0n) is 8.99. The van der Waals surface area contributed by atoms with Crippen molar-refractivity contribution in [2.45, 2.75) is 12.8 Å². The number of methoxy groups -OCH3 is 1. The third-order valence-corrected chi connectivity index (χ3v) is 2.69. The molecule has 3 nitrogen and oxygen atoms in total. The zero-order chi connectivity index (χ0) is 10.7. The van der Waals surface area contributed by atoms with Crippen LogP contribution >= 0.6 is 0 Å². The van der Waals surface area contributed by atoms with Crippen molar-refractivity contribution in [3.05, 3.63) is 29.3 Å². The van der Waals surface area contributed by atoms with Crippen molar-refractivity contribution in [2.24, 2.45) is 10.7 Å². The number of fused-ring (bicyclic) bond motifs is 1. The van der Waals surface area contributed by atoms with Crippen molar-refractivity contribution in [1.29, 1.82) is 0 Å². The number of aliphatic imine (C=N–C) groups is 1. The molecular weight excluding hydrogens is 188 g/mol. The van der Waals surface area contributed by atoms with Gasteiger partial charge in [-0.05, 0) is 42.3 Å². The van der Waals surface area contributed by atoms with Gasteiger partial charge in [0.1, 0.15) is 5.75 Å². The van der Waals surface area contributed by atoms with Crippen molar-refractivity contribution >= 4 is 5.71 Å². The lowest BCUT2D eigenvalue weighted by Gasteiger charge is -2.17. The Kier molecular flexibility index (Phi) is 3.02. The van der Waals surface area contributed by atoms with Crippen molar-refractivity contribution in [3.63, 3.8) is 0 Å². The van der Waals surface area contributed by atoms with Gasteiger partial charge in [-0.25, -0.2) is 0 Å². The first-order chi connectivity index (χ1) is 7.35. The van der Waals surface area contributed by atoms with Crippen LogP contribution < -0.4 is 10.5 Å². The molecule has 80 valence electrons. The summed E-state index contributed by atoms with van der Waals surface area (Å²) in [5.41, 5.74) is 9.28. The summed E-state index contributed by atoms with van der Waals surface area (Å²) in [5, 5.41) is 0. The average Bonchev–Trinajstić information content (AvgIpc) is 2.29. The van der Waals surface area contributed by atoms with Crippen LogP contribution in [0.3, 0.4) is 0 Å². The quantitative estimate of drug-likeness (QED) is 0.808. The maximum atomic E-state index is 5.57. The molecular formula is C12H16N2O. The predicted molar refractivity (Wildman–Crippen MR) is 61.8 cm³/mol. The van der Waals surface area contributed by atoms with Gasteiger partial charge >= 0.3 is 0 Å². The highest BCUT2D eigenvalue weighted by atomic mass is 16.5. The fraction of sp³-hybridized carbons (Fsp3) is 0.417. The fourth-order valence-electron chi connectivity index (χ4n) is 1.93. The van der Waals surface area contributed by atoms with Crippen LogP contribution in [-0.2, 0) is 6.42 Å². The van der Waals surface area contributed by atoms with Crippen LogP contribution in [0.4, 0.5) is 0 Å². The van der Waals surface area contributed by atoms with Crippen molar-refractivity contribution in [3.8, 4) is 5.75 Å². The molecule has 0 bridgehead atoms. The topological polar surface area (TPSA) is 47.6 Å². The lowest BCUT2D eigenvalue weighted by atomic mass is 9.96. The number of nitrogens with two attached hydrogens (primary N) is 1. The summed E-state index contributed by atoms with van der Waals surface area (Å²) in [6, 6.07) is 6.17. The molecule has 0 fully saturated rings. The van der Waals surface area contributed by atoms with Gasteiger partial charge in [-0.1, -0.05) is 0 Å². The summed E-state index contributed by atoms with van der Waals surface area (Å²) in [7, 11) is 1.69. The monoisotopic (exact) mass is 204 g/mol. The van der Waals surface area contributed by atoms with Gasteiger partial charge in [0.15, 0.2) is 0 Å². The summed E-state index contributed by atoms with van der Waals surface area (Å²) >= 11 is 0. The number of rotatable bonds is 3. The second-order valence-electron chi connectivity index (χ2n) is 3.64. The largest absolute Gasteiger partial charge is 0.497 e. The van der Waals surface area contributed by atoms with Crippen molar-refractivity contribution in [2.75, 3.05) is 20.2 Å². The molecule has 2 N–H and O–H groups in total. The highest BCUT2D eigenvalue weighted by Gasteiger charge is 2.13. The van der Waals surface area contributed by atoms with Gasteiger partial charge in [0.2, 0.25) is 0 Å². The Morgan fingerprint density at radius 3 is 3.07 bits per heavy atom. The van der Waals surface area contributed by atoms with E-state index >= 15 is 0 Å². The van der Waals surface area contributed by atoms with Crippen LogP contribution in [-0.4, -0.2) is 25.9 Å². The Hall–Kier alpha value is -1.35. The molecule has 0 saturated heterocycles. The van der Waals surface area contributed by atoms with Crippen LogP contribution in [0.15, 0.2) is 23.2 Å². The van der Waals surface area contributed by atoms with Gasteiger partial charge in [0, 0.05) is 18.7 Å². The minimum atomic E-state index is 0.657. The average molecular weight is 204 g/mol. The van der Waals surface area contributed by atoms with E-state index in [1.165, 1.54) is 11.1 Å². The molecule has 1 aromatic carbocycles. The Morgan fingerprint density at radius 1 is 1.47 bits per heavy atom. The van der Waals surface area contributed by atoms with Crippen molar-refractivity contribution < 1.29 is 4.74 Å².